The molecule has 1 N–H and O–H groups in total. The van der Waals surface area contributed by atoms with E-state index in [0.29, 0.717) is 6.54 Å². The second kappa shape index (κ2) is 6.20. The lowest BCUT2D eigenvalue weighted by molar-refractivity contribution is 0.524. The molecule has 4 rings (SSSR count). The minimum Gasteiger partial charge on any atom is -0.459 e. The Morgan fingerprint density at radius 2 is 1.96 bits per heavy atom. The van der Waals surface area contributed by atoms with Gasteiger partial charge in [-0.3, -0.25) is 0 Å². The zero-order valence-corrected chi connectivity index (χ0v) is 13.4. The number of hydrogen-bond acceptors (Lipinski definition) is 3. The third-order valence-electron chi connectivity index (χ3n) is 4.00. The van der Waals surface area contributed by atoms with Gasteiger partial charge in [0.05, 0.1) is 18.6 Å². The Labute approximate surface area is 140 Å². The van der Waals surface area contributed by atoms with Crippen LogP contribution in [0.1, 0.15) is 18.5 Å². The third-order valence-corrected chi connectivity index (χ3v) is 4.00. The maximum atomic E-state index is 6.01. The number of imidazole rings is 2. The first-order valence-corrected chi connectivity index (χ1v) is 8.03. The van der Waals surface area contributed by atoms with Gasteiger partial charge in [-0.15, -0.1) is 0 Å². The lowest BCUT2D eigenvalue weighted by Gasteiger charge is -2.07. The molecule has 1 aromatic carbocycles. The Morgan fingerprint density at radius 1 is 1.08 bits per heavy atom. The number of aromatic nitrogens is 4. The van der Waals surface area contributed by atoms with E-state index in [1.54, 1.807) is 6.20 Å². The standard InChI is InChI=1S/C19H18N4O/c1-2-15-8-9-16(24-15)19-18(14-6-4-3-5-7-14)22-13-23(19)12-17-20-10-11-21-17/h3-11,13H,2,12H2,1H3,(H,20,21). The predicted octanol–water partition coefficient (Wildman–Crippen LogP) is 4.14. The molecule has 0 bridgehead atoms. The summed E-state index contributed by atoms with van der Waals surface area (Å²) in [4.78, 5) is 12.1. The van der Waals surface area contributed by atoms with Crippen LogP contribution in [0.5, 0.6) is 0 Å². The summed E-state index contributed by atoms with van der Waals surface area (Å²) >= 11 is 0. The fourth-order valence-corrected chi connectivity index (χ4v) is 2.81. The number of H-pyrrole nitrogens is 1. The van der Waals surface area contributed by atoms with Crippen LogP contribution in [-0.2, 0) is 13.0 Å². The highest BCUT2D eigenvalue weighted by Gasteiger charge is 2.18. The van der Waals surface area contributed by atoms with Gasteiger partial charge in [-0.05, 0) is 12.1 Å². The van der Waals surface area contributed by atoms with Crippen LogP contribution in [0.3, 0.4) is 0 Å². The van der Waals surface area contributed by atoms with Crippen LogP contribution < -0.4 is 0 Å². The molecule has 0 unspecified atom stereocenters. The van der Waals surface area contributed by atoms with E-state index in [1.807, 2.05) is 42.9 Å². The monoisotopic (exact) mass is 318 g/mol. The summed E-state index contributed by atoms with van der Waals surface area (Å²) < 4.78 is 8.08. The molecular weight excluding hydrogens is 300 g/mol. The van der Waals surface area contributed by atoms with Gasteiger partial charge in [0.2, 0.25) is 0 Å². The summed E-state index contributed by atoms with van der Waals surface area (Å²) in [5, 5.41) is 0. The molecule has 3 aromatic heterocycles. The number of hydrogen-bond donors (Lipinski definition) is 1. The average Bonchev–Trinajstić information content (AvgIpc) is 3.36. The van der Waals surface area contributed by atoms with Gasteiger partial charge in [0.15, 0.2) is 5.76 Å². The molecular formula is C19H18N4O. The normalized spacial score (nSPS) is 11.0. The minimum absolute atomic E-state index is 0.615. The van der Waals surface area contributed by atoms with Crippen molar-refractivity contribution in [1.82, 2.24) is 19.5 Å². The van der Waals surface area contributed by atoms with Crippen molar-refractivity contribution in [2.24, 2.45) is 0 Å². The molecule has 3 heterocycles. The van der Waals surface area contributed by atoms with E-state index < -0.39 is 0 Å². The van der Waals surface area contributed by atoms with Gasteiger partial charge in [-0.2, -0.15) is 0 Å². The molecule has 0 saturated heterocycles. The van der Waals surface area contributed by atoms with Crippen molar-refractivity contribution in [1.29, 1.82) is 0 Å². The molecule has 4 aromatic rings. The van der Waals surface area contributed by atoms with Crippen molar-refractivity contribution in [2.75, 3.05) is 0 Å². The van der Waals surface area contributed by atoms with Crippen LogP contribution in [0.25, 0.3) is 22.7 Å². The van der Waals surface area contributed by atoms with Crippen molar-refractivity contribution in [2.45, 2.75) is 19.9 Å². The third kappa shape index (κ3) is 2.65. The summed E-state index contributed by atoms with van der Waals surface area (Å²) in [6.45, 7) is 2.70. The number of benzene rings is 1. The van der Waals surface area contributed by atoms with E-state index in [4.69, 9.17) is 4.42 Å². The highest BCUT2D eigenvalue weighted by molar-refractivity contribution is 5.76. The molecule has 0 atom stereocenters. The average molecular weight is 318 g/mol. The van der Waals surface area contributed by atoms with Crippen LogP contribution in [0.4, 0.5) is 0 Å². The number of nitrogens with one attached hydrogen (secondary N) is 1. The summed E-state index contributed by atoms with van der Waals surface area (Å²) in [7, 11) is 0. The van der Waals surface area contributed by atoms with Gasteiger partial charge in [-0.1, -0.05) is 37.3 Å². The maximum Gasteiger partial charge on any atom is 0.152 e. The molecule has 0 aliphatic heterocycles. The van der Waals surface area contributed by atoms with Gasteiger partial charge in [0, 0.05) is 24.4 Å². The molecule has 0 aliphatic carbocycles. The number of aromatic amines is 1. The smallest absolute Gasteiger partial charge is 0.152 e. The van der Waals surface area contributed by atoms with Crippen molar-refractivity contribution < 1.29 is 4.42 Å². The van der Waals surface area contributed by atoms with E-state index in [0.717, 1.165) is 40.7 Å². The Balaban J connectivity index is 1.84. The quantitative estimate of drug-likeness (QED) is 0.601. The minimum atomic E-state index is 0.615. The first-order chi connectivity index (χ1) is 11.8. The fourth-order valence-electron chi connectivity index (χ4n) is 2.81. The zero-order valence-electron chi connectivity index (χ0n) is 13.4. The van der Waals surface area contributed by atoms with Crippen LogP contribution in [0, 0.1) is 0 Å². The molecule has 0 saturated carbocycles. The molecule has 0 aliphatic rings. The second-order valence-corrected chi connectivity index (χ2v) is 5.59. The van der Waals surface area contributed by atoms with Crippen LogP contribution in [-0.4, -0.2) is 19.5 Å². The van der Waals surface area contributed by atoms with Crippen molar-refractivity contribution >= 4 is 0 Å². The van der Waals surface area contributed by atoms with Gasteiger partial charge in [-0.25, -0.2) is 9.97 Å². The van der Waals surface area contributed by atoms with E-state index >= 15 is 0 Å². The van der Waals surface area contributed by atoms with Crippen LogP contribution >= 0.6 is 0 Å². The zero-order chi connectivity index (χ0) is 16.4. The van der Waals surface area contributed by atoms with E-state index in [2.05, 4.69) is 38.6 Å². The second-order valence-electron chi connectivity index (χ2n) is 5.59. The van der Waals surface area contributed by atoms with Gasteiger partial charge in [0.25, 0.3) is 0 Å². The van der Waals surface area contributed by atoms with E-state index in [1.165, 1.54) is 0 Å². The number of aryl methyl sites for hydroxylation is 1. The number of furan rings is 1. The SMILES string of the molecule is CCc1ccc(-c2c(-c3ccccc3)ncn2Cc2ncc[nH]2)o1. The molecule has 5 nitrogen and oxygen atoms in total. The Hall–Kier alpha value is -3.08. The topological polar surface area (TPSA) is 59.6 Å². The lowest BCUT2D eigenvalue weighted by Crippen LogP contribution is -2.02. The highest BCUT2D eigenvalue weighted by atomic mass is 16.3. The largest absolute Gasteiger partial charge is 0.459 e. The van der Waals surface area contributed by atoms with Crippen molar-refractivity contribution in [3.63, 3.8) is 0 Å². The van der Waals surface area contributed by atoms with E-state index in [-0.39, 0.29) is 0 Å². The Bertz CT molecular complexity index is 920. The molecule has 24 heavy (non-hydrogen) atoms. The molecule has 0 amide bonds. The van der Waals surface area contributed by atoms with Crippen molar-refractivity contribution in [3.05, 3.63) is 72.8 Å². The Kier molecular flexibility index (Phi) is 3.75. The van der Waals surface area contributed by atoms with Crippen LogP contribution in [0.2, 0.25) is 0 Å². The molecule has 0 fully saturated rings. The highest BCUT2D eigenvalue weighted by Crippen LogP contribution is 2.32. The summed E-state index contributed by atoms with van der Waals surface area (Å²) in [6, 6.07) is 14.2. The van der Waals surface area contributed by atoms with Gasteiger partial charge >= 0.3 is 0 Å². The first-order valence-electron chi connectivity index (χ1n) is 8.03. The predicted molar refractivity (Wildman–Crippen MR) is 92.4 cm³/mol. The summed E-state index contributed by atoms with van der Waals surface area (Å²) in [6.07, 6.45) is 6.29. The van der Waals surface area contributed by atoms with E-state index in [9.17, 15) is 0 Å². The van der Waals surface area contributed by atoms with Crippen molar-refractivity contribution in [3.8, 4) is 22.7 Å². The molecule has 5 heteroatoms. The first kappa shape index (κ1) is 14.5. The molecule has 120 valence electrons. The summed E-state index contributed by atoms with van der Waals surface area (Å²) in [5.74, 6) is 2.68. The fraction of sp³-hybridized carbons (Fsp3) is 0.158. The number of nitrogens with zero attached hydrogens (tertiary/aromatic N) is 3. The van der Waals surface area contributed by atoms with Crippen LogP contribution in [0.15, 0.2) is 65.6 Å². The molecule has 0 spiro atoms. The summed E-state index contributed by atoms with van der Waals surface area (Å²) in [5.41, 5.74) is 2.96. The molecule has 0 radical (unpaired) electrons. The Morgan fingerprint density at radius 3 is 2.67 bits per heavy atom. The van der Waals surface area contributed by atoms with Gasteiger partial charge < -0.3 is 14.0 Å². The lowest BCUT2D eigenvalue weighted by atomic mass is 10.1. The maximum absolute atomic E-state index is 6.01. The number of rotatable bonds is 5. The van der Waals surface area contributed by atoms with Gasteiger partial charge in [0.1, 0.15) is 17.3 Å².